The number of carbonyl (C=O) groups is 1. The lowest BCUT2D eigenvalue weighted by molar-refractivity contribution is -0.122. The van der Waals surface area contributed by atoms with Gasteiger partial charge in [0.1, 0.15) is 5.75 Å². The monoisotopic (exact) mass is 392 g/mol. The third-order valence-corrected chi connectivity index (χ3v) is 3.74. The zero-order valence-electron chi connectivity index (χ0n) is 11.3. The summed E-state index contributed by atoms with van der Waals surface area (Å²) in [6.45, 7) is 1.68. The van der Waals surface area contributed by atoms with E-state index in [4.69, 9.17) is 10.00 Å². The van der Waals surface area contributed by atoms with Crippen LogP contribution in [0.25, 0.3) is 0 Å². The molecule has 1 N–H and O–H groups in total. The summed E-state index contributed by atoms with van der Waals surface area (Å²) in [7, 11) is 0. The van der Waals surface area contributed by atoms with Crippen LogP contribution in [-0.2, 0) is 4.79 Å². The molecule has 0 saturated carbocycles. The van der Waals surface area contributed by atoms with Gasteiger partial charge < -0.3 is 10.1 Å². The summed E-state index contributed by atoms with van der Waals surface area (Å²) in [5.74, 6) is 0.336. The second kappa shape index (κ2) is 7.09. The quantitative estimate of drug-likeness (QED) is 0.810. The Labute approximate surface area is 136 Å². The SMILES string of the molecule is CC(Oc1ccc(C#N)cc1)C(=O)Nc1ccccc1I. The minimum atomic E-state index is -0.631. The highest BCUT2D eigenvalue weighted by Crippen LogP contribution is 2.18. The molecule has 0 heterocycles. The van der Waals surface area contributed by atoms with Crippen molar-refractivity contribution in [3.8, 4) is 11.8 Å². The fourth-order valence-electron chi connectivity index (χ4n) is 1.66. The Bertz CT molecular complexity index is 677. The van der Waals surface area contributed by atoms with Crippen LogP contribution in [0.4, 0.5) is 5.69 Å². The molecular formula is C16H13IN2O2. The van der Waals surface area contributed by atoms with E-state index in [2.05, 4.69) is 27.9 Å². The van der Waals surface area contributed by atoms with Gasteiger partial charge in [0.05, 0.1) is 17.3 Å². The van der Waals surface area contributed by atoms with Gasteiger partial charge in [-0.2, -0.15) is 5.26 Å². The number of nitriles is 1. The Kier molecular flexibility index (Phi) is 5.17. The van der Waals surface area contributed by atoms with Crippen LogP contribution in [0.2, 0.25) is 0 Å². The minimum absolute atomic E-state index is 0.219. The van der Waals surface area contributed by atoms with Crippen molar-refractivity contribution in [2.45, 2.75) is 13.0 Å². The molecule has 2 rings (SSSR count). The van der Waals surface area contributed by atoms with Crippen molar-refractivity contribution in [3.63, 3.8) is 0 Å². The van der Waals surface area contributed by atoms with Gasteiger partial charge in [0.15, 0.2) is 6.10 Å². The van der Waals surface area contributed by atoms with Gasteiger partial charge in [-0.15, -0.1) is 0 Å². The van der Waals surface area contributed by atoms with Gasteiger partial charge in [0.25, 0.3) is 5.91 Å². The number of nitrogens with one attached hydrogen (secondary N) is 1. The number of benzene rings is 2. The Hall–Kier alpha value is -2.07. The molecule has 0 aliphatic rings. The van der Waals surface area contributed by atoms with Crippen LogP contribution in [0.3, 0.4) is 0 Å². The molecule has 0 aromatic heterocycles. The predicted molar refractivity (Wildman–Crippen MR) is 89.0 cm³/mol. The number of para-hydroxylation sites is 1. The first-order valence-corrected chi connectivity index (χ1v) is 7.40. The fourth-order valence-corrected chi connectivity index (χ4v) is 2.18. The third kappa shape index (κ3) is 4.20. The van der Waals surface area contributed by atoms with Gasteiger partial charge in [0.2, 0.25) is 0 Å². The molecular weight excluding hydrogens is 379 g/mol. The van der Waals surface area contributed by atoms with E-state index in [0.717, 1.165) is 9.26 Å². The number of amides is 1. The standard InChI is InChI=1S/C16H13IN2O2/c1-11(21-13-8-6-12(10-18)7-9-13)16(20)19-15-5-3-2-4-14(15)17/h2-9,11H,1H3,(H,19,20). The van der Waals surface area contributed by atoms with Crippen LogP contribution in [0.5, 0.6) is 5.75 Å². The Morgan fingerprint density at radius 2 is 1.90 bits per heavy atom. The average molecular weight is 392 g/mol. The van der Waals surface area contributed by atoms with Gasteiger partial charge in [-0.1, -0.05) is 12.1 Å². The molecule has 0 fully saturated rings. The largest absolute Gasteiger partial charge is 0.481 e. The molecule has 2 aromatic carbocycles. The predicted octanol–water partition coefficient (Wildman–Crippen LogP) is 3.57. The third-order valence-electron chi connectivity index (χ3n) is 2.80. The molecule has 1 atom stereocenters. The fraction of sp³-hybridized carbons (Fsp3) is 0.125. The minimum Gasteiger partial charge on any atom is -0.481 e. The topological polar surface area (TPSA) is 62.1 Å². The zero-order chi connectivity index (χ0) is 15.2. The van der Waals surface area contributed by atoms with Crippen LogP contribution in [0.1, 0.15) is 12.5 Å². The van der Waals surface area contributed by atoms with Crippen molar-refractivity contribution < 1.29 is 9.53 Å². The van der Waals surface area contributed by atoms with Gasteiger partial charge in [-0.3, -0.25) is 4.79 Å². The first-order chi connectivity index (χ1) is 10.1. The summed E-state index contributed by atoms with van der Waals surface area (Å²) in [5.41, 5.74) is 1.32. The highest BCUT2D eigenvalue weighted by Gasteiger charge is 2.15. The maximum Gasteiger partial charge on any atom is 0.265 e. The van der Waals surface area contributed by atoms with Gasteiger partial charge >= 0.3 is 0 Å². The second-order valence-electron chi connectivity index (χ2n) is 4.37. The number of hydrogen-bond acceptors (Lipinski definition) is 3. The van der Waals surface area contributed by atoms with Crippen LogP contribution >= 0.6 is 22.6 Å². The van der Waals surface area contributed by atoms with E-state index >= 15 is 0 Å². The molecule has 5 heteroatoms. The van der Waals surface area contributed by atoms with Crippen molar-refractivity contribution >= 4 is 34.2 Å². The Morgan fingerprint density at radius 1 is 1.24 bits per heavy atom. The van der Waals surface area contributed by atoms with E-state index < -0.39 is 6.10 Å². The first kappa shape index (κ1) is 15.3. The van der Waals surface area contributed by atoms with Crippen LogP contribution < -0.4 is 10.1 Å². The van der Waals surface area contributed by atoms with Gasteiger partial charge in [-0.25, -0.2) is 0 Å². The van der Waals surface area contributed by atoms with Crippen molar-refractivity contribution in [1.82, 2.24) is 0 Å². The summed E-state index contributed by atoms with van der Waals surface area (Å²) in [5, 5.41) is 11.6. The average Bonchev–Trinajstić information content (AvgIpc) is 2.50. The van der Waals surface area contributed by atoms with Gasteiger partial charge in [-0.05, 0) is 65.9 Å². The number of rotatable bonds is 4. The molecule has 0 radical (unpaired) electrons. The molecule has 1 amide bonds. The van der Waals surface area contributed by atoms with Crippen LogP contribution in [-0.4, -0.2) is 12.0 Å². The highest BCUT2D eigenvalue weighted by molar-refractivity contribution is 14.1. The number of halogens is 1. The lowest BCUT2D eigenvalue weighted by atomic mass is 10.2. The van der Waals surface area contributed by atoms with Gasteiger partial charge in [0, 0.05) is 3.57 Å². The molecule has 0 saturated heterocycles. The molecule has 0 aliphatic carbocycles. The first-order valence-electron chi connectivity index (χ1n) is 6.32. The molecule has 0 aliphatic heterocycles. The van der Waals surface area contributed by atoms with Crippen molar-refractivity contribution in [2.24, 2.45) is 0 Å². The van der Waals surface area contributed by atoms with E-state index in [0.29, 0.717) is 11.3 Å². The van der Waals surface area contributed by atoms with E-state index in [1.165, 1.54) is 0 Å². The number of ether oxygens (including phenoxy) is 1. The number of carbonyl (C=O) groups excluding carboxylic acids is 1. The molecule has 4 nitrogen and oxygen atoms in total. The Balaban J connectivity index is 1.99. The second-order valence-corrected chi connectivity index (χ2v) is 5.53. The van der Waals surface area contributed by atoms with Crippen LogP contribution in [0.15, 0.2) is 48.5 Å². The summed E-state index contributed by atoms with van der Waals surface area (Å²) < 4.78 is 6.53. The zero-order valence-corrected chi connectivity index (χ0v) is 13.5. The Morgan fingerprint density at radius 3 is 2.52 bits per heavy atom. The number of nitrogens with zero attached hydrogens (tertiary/aromatic N) is 1. The molecule has 2 aromatic rings. The van der Waals surface area contributed by atoms with Crippen molar-refractivity contribution in [3.05, 3.63) is 57.7 Å². The summed E-state index contributed by atoms with van der Waals surface area (Å²) in [6, 6.07) is 16.2. The smallest absolute Gasteiger partial charge is 0.265 e. The summed E-state index contributed by atoms with van der Waals surface area (Å²) in [6.07, 6.45) is -0.631. The van der Waals surface area contributed by atoms with Crippen molar-refractivity contribution in [2.75, 3.05) is 5.32 Å². The molecule has 1 unspecified atom stereocenters. The van der Waals surface area contributed by atoms with E-state index in [1.54, 1.807) is 31.2 Å². The number of hydrogen-bond donors (Lipinski definition) is 1. The maximum atomic E-state index is 12.1. The van der Waals surface area contributed by atoms with E-state index in [1.807, 2.05) is 30.3 Å². The van der Waals surface area contributed by atoms with Crippen LogP contribution in [0, 0.1) is 14.9 Å². The molecule has 0 bridgehead atoms. The van der Waals surface area contributed by atoms with E-state index in [-0.39, 0.29) is 5.91 Å². The highest BCUT2D eigenvalue weighted by atomic mass is 127. The number of anilines is 1. The van der Waals surface area contributed by atoms with Crippen molar-refractivity contribution in [1.29, 1.82) is 5.26 Å². The lowest BCUT2D eigenvalue weighted by Crippen LogP contribution is -2.30. The molecule has 0 spiro atoms. The summed E-state index contributed by atoms with van der Waals surface area (Å²) >= 11 is 2.16. The molecule has 21 heavy (non-hydrogen) atoms. The molecule has 106 valence electrons. The maximum absolute atomic E-state index is 12.1. The summed E-state index contributed by atoms with van der Waals surface area (Å²) in [4.78, 5) is 12.1. The lowest BCUT2D eigenvalue weighted by Gasteiger charge is -2.15. The normalized spacial score (nSPS) is 11.3. The van der Waals surface area contributed by atoms with E-state index in [9.17, 15) is 4.79 Å².